The standard InChI is InChI=1S/C7H12NO2/c9-6-8-4-7-2-1-3-10-5-7/h7H,1-5H2,(H,8,9). The van der Waals surface area contributed by atoms with Crippen LogP contribution < -0.4 is 5.32 Å². The Bertz CT molecular complexity index is 99.8. The smallest absolute Gasteiger partial charge is 0.309 e. The highest BCUT2D eigenvalue weighted by Crippen LogP contribution is 2.11. The van der Waals surface area contributed by atoms with E-state index in [9.17, 15) is 4.79 Å². The maximum absolute atomic E-state index is 9.77. The van der Waals surface area contributed by atoms with Crippen LogP contribution in [0.4, 0.5) is 0 Å². The van der Waals surface area contributed by atoms with Crippen LogP contribution in [0.15, 0.2) is 0 Å². The zero-order valence-corrected chi connectivity index (χ0v) is 5.93. The lowest BCUT2D eigenvalue weighted by Gasteiger charge is -2.20. The number of hydrogen-bond donors (Lipinski definition) is 1. The van der Waals surface area contributed by atoms with Crippen LogP contribution in [-0.4, -0.2) is 26.2 Å². The van der Waals surface area contributed by atoms with Crippen molar-refractivity contribution < 1.29 is 9.53 Å². The molecular formula is C7H12NO2. The fourth-order valence-electron chi connectivity index (χ4n) is 1.15. The highest BCUT2D eigenvalue weighted by Gasteiger charge is 2.12. The van der Waals surface area contributed by atoms with Crippen LogP contribution >= 0.6 is 0 Å². The van der Waals surface area contributed by atoms with E-state index < -0.39 is 0 Å². The summed E-state index contributed by atoms with van der Waals surface area (Å²) in [5.74, 6) is 0.509. The van der Waals surface area contributed by atoms with Gasteiger partial charge in [0.15, 0.2) is 0 Å². The van der Waals surface area contributed by atoms with Gasteiger partial charge in [-0.25, -0.2) is 0 Å². The quantitative estimate of drug-likeness (QED) is 0.566. The molecule has 0 bridgehead atoms. The van der Waals surface area contributed by atoms with Crippen LogP contribution in [0.2, 0.25) is 0 Å². The Morgan fingerprint density at radius 2 is 2.60 bits per heavy atom. The van der Waals surface area contributed by atoms with E-state index in [1.54, 1.807) is 6.41 Å². The lowest BCUT2D eigenvalue weighted by molar-refractivity contribution is 0.0564. The molecule has 1 heterocycles. The molecule has 10 heavy (non-hydrogen) atoms. The molecule has 0 spiro atoms. The summed E-state index contributed by atoms with van der Waals surface area (Å²) in [7, 11) is 0. The molecule has 1 saturated heterocycles. The van der Waals surface area contributed by atoms with Gasteiger partial charge in [-0.3, -0.25) is 4.79 Å². The van der Waals surface area contributed by atoms with Crippen LogP contribution in [0.5, 0.6) is 0 Å². The normalized spacial score (nSPS) is 25.8. The van der Waals surface area contributed by atoms with Crippen molar-refractivity contribution in [2.45, 2.75) is 12.8 Å². The zero-order chi connectivity index (χ0) is 7.23. The minimum absolute atomic E-state index is 0.509. The molecule has 57 valence electrons. The lowest BCUT2D eigenvalue weighted by Crippen LogP contribution is -2.28. The van der Waals surface area contributed by atoms with Gasteiger partial charge in [0.1, 0.15) is 0 Å². The number of amides is 1. The van der Waals surface area contributed by atoms with E-state index in [4.69, 9.17) is 4.74 Å². The van der Waals surface area contributed by atoms with Crippen molar-refractivity contribution in [3.05, 3.63) is 0 Å². The molecule has 1 rings (SSSR count). The Morgan fingerprint density at radius 3 is 3.20 bits per heavy atom. The average Bonchev–Trinajstić information content (AvgIpc) is 2.03. The third-order valence-corrected chi connectivity index (χ3v) is 1.72. The summed E-state index contributed by atoms with van der Waals surface area (Å²) in [6.45, 7) is 2.37. The summed E-state index contributed by atoms with van der Waals surface area (Å²) >= 11 is 0. The summed E-state index contributed by atoms with van der Waals surface area (Å²) in [6, 6.07) is 0. The molecule has 3 heteroatoms. The van der Waals surface area contributed by atoms with Gasteiger partial charge < -0.3 is 10.1 Å². The summed E-state index contributed by atoms with van der Waals surface area (Å²) in [4.78, 5) is 9.77. The molecule has 1 aliphatic heterocycles. The first-order chi connectivity index (χ1) is 4.93. The molecular weight excluding hydrogens is 130 g/mol. The Hall–Kier alpha value is -0.570. The Morgan fingerprint density at radius 1 is 1.70 bits per heavy atom. The molecule has 0 aromatic carbocycles. The third kappa shape index (κ3) is 2.35. The van der Waals surface area contributed by atoms with Crippen LogP contribution in [0, 0.1) is 5.92 Å². The molecule has 0 aromatic rings. The van der Waals surface area contributed by atoms with Crippen LogP contribution in [0.1, 0.15) is 12.8 Å². The van der Waals surface area contributed by atoms with E-state index in [1.807, 2.05) is 0 Å². The summed E-state index contributed by atoms with van der Waals surface area (Å²) in [5.41, 5.74) is 0. The van der Waals surface area contributed by atoms with Gasteiger partial charge in [-0.05, 0) is 18.8 Å². The monoisotopic (exact) mass is 142 g/mol. The van der Waals surface area contributed by atoms with Crippen molar-refractivity contribution in [2.75, 3.05) is 19.8 Å². The molecule has 1 N–H and O–H groups in total. The minimum atomic E-state index is 0.509. The molecule has 1 radical (unpaired) electrons. The second kappa shape index (κ2) is 4.28. The molecule has 1 aliphatic rings. The average molecular weight is 142 g/mol. The van der Waals surface area contributed by atoms with Crippen molar-refractivity contribution in [1.82, 2.24) is 5.32 Å². The van der Waals surface area contributed by atoms with Gasteiger partial charge in [0.25, 0.3) is 0 Å². The molecule has 0 saturated carbocycles. The zero-order valence-electron chi connectivity index (χ0n) is 5.93. The van der Waals surface area contributed by atoms with Crippen molar-refractivity contribution >= 4 is 6.41 Å². The number of carbonyl (C=O) groups excluding carboxylic acids is 1. The Labute approximate surface area is 60.7 Å². The topological polar surface area (TPSA) is 38.3 Å². The minimum Gasteiger partial charge on any atom is -0.381 e. The molecule has 0 aliphatic carbocycles. The Kier molecular flexibility index (Phi) is 3.22. The third-order valence-electron chi connectivity index (χ3n) is 1.72. The van der Waals surface area contributed by atoms with Crippen LogP contribution in [0.3, 0.4) is 0 Å². The number of hydrogen-bond acceptors (Lipinski definition) is 2. The fourth-order valence-corrected chi connectivity index (χ4v) is 1.15. The van der Waals surface area contributed by atoms with E-state index in [0.717, 1.165) is 26.1 Å². The first-order valence-corrected chi connectivity index (χ1v) is 3.61. The van der Waals surface area contributed by atoms with Gasteiger partial charge >= 0.3 is 6.41 Å². The largest absolute Gasteiger partial charge is 0.381 e. The van der Waals surface area contributed by atoms with Crippen molar-refractivity contribution in [1.29, 1.82) is 0 Å². The van der Waals surface area contributed by atoms with Crippen molar-refractivity contribution in [3.63, 3.8) is 0 Å². The first kappa shape index (κ1) is 7.54. The van der Waals surface area contributed by atoms with Gasteiger partial charge in [0, 0.05) is 13.2 Å². The van der Waals surface area contributed by atoms with Gasteiger partial charge in [-0.1, -0.05) is 0 Å². The maximum Gasteiger partial charge on any atom is 0.309 e. The lowest BCUT2D eigenvalue weighted by atomic mass is 10.0. The van der Waals surface area contributed by atoms with E-state index in [0.29, 0.717) is 12.5 Å². The predicted octanol–water partition coefficient (Wildman–Crippen LogP) is 0.0698. The first-order valence-electron chi connectivity index (χ1n) is 3.61. The SMILES string of the molecule is O=[C]NCC1CCCOC1. The molecule has 1 unspecified atom stereocenters. The number of rotatable bonds is 3. The predicted molar refractivity (Wildman–Crippen MR) is 37.2 cm³/mol. The van der Waals surface area contributed by atoms with Gasteiger partial charge in [-0.2, -0.15) is 0 Å². The van der Waals surface area contributed by atoms with Gasteiger partial charge in [0.05, 0.1) is 6.61 Å². The van der Waals surface area contributed by atoms with Crippen LogP contribution in [0.25, 0.3) is 0 Å². The second-order valence-corrected chi connectivity index (χ2v) is 2.57. The van der Waals surface area contributed by atoms with E-state index in [-0.39, 0.29) is 0 Å². The van der Waals surface area contributed by atoms with Crippen molar-refractivity contribution in [2.24, 2.45) is 5.92 Å². The van der Waals surface area contributed by atoms with E-state index in [1.165, 1.54) is 0 Å². The fraction of sp³-hybridized carbons (Fsp3) is 0.857. The Balaban J connectivity index is 2.07. The van der Waals surface area contributed by atoms with Crippen molar-refractivity contribution in [3.8, 4) is 0 Å². The summed E-state index contributed by atoms with van der Waals surface area (Å²) in [5, 5.41) is 2.53. The number of nitrogens with one attached hydrogen (secondary N) is 1. The molecule has 1 fully saturated rings. The molecule has 3 nitrogen and oxygen atoms in total. The van der Waals surface area contributed by atoms with Crippen LogP contribution in [-0.2, 0) is 9.53 Å². The highest BCUT2D eigenvalue weighted by molar-refractivity contribution is 5.46. The number of ether oxygens (including phenoxy) is 1. The molecule has 0 aromatic heterocycles. The summed E-state index contributed by atoms with van der Waals surface area (Å²) in [6.07, 6.45) is 3.94. The van der Waals surface area contributed by atoms with Gasteiger partial charge in [0.2, 0.25) is 0 Å². The molecule has 1 amide bonds. The summed E-state index contributed by atoms with van der Waals surface area (Å²) < 4.78 is 5.21. The van der Waals surface area contributed by atoms with E-state index >= 15 is 0 Å². The second-order valence-electron chi connectivity index (χ2n) is 2.57. The maximum atomic E-state index is 9.77. The highest BCUT2D eigenvalue weighted by atomic mass is 16.5. The molecule has 1 atom stereocenters. The van der Waals surface area contributed by atoms with E-state index in [2.05, 4.69) is 5.32 Å². The van der Waals surface area contributed by atoms with Gasteiger partial charge in [-0.15, -0.1) is 0 Å².